The number of nitrogen functional groups attached to an aromatic ring is 2. The molecule has 2 saturated heterocycles. The number of aromatic nitrogens is 4. The molecular weight excluding hydrogens is 961 g/mol. The van der Waals surface area contributed by atoms with E-state index in [1.807, 2.05) is 11.0 Å². The Kier molecular flexibility index (Phi) is 25.0. The van der Waals surface area contributed by atoms with Crippen molar-refractivity contribution >= 4 is 53.0 Å². The summed E-state index contributed by atoms with van der Waals surface area (Å²) in [6, 6.07) is 4.69. The molecule has 19 nitrogen and oxygen atoms in total. The van der Waals surface area contributed by atoms with E-state index < -0.39 is 11.9 Å². The summed E-state index contributed by atoms with van der Waals surface area (Å²) in [6.45, 7) is 9.55. The Morgan fingerprint density at radius 1 is 0.526 bits per heavy atom. The van der Waals surface area contributed by atoms with Crippen molar-refractivity contribution in [2.45, 2.75) is 185 Å². The van der Waals surface area contributed by atoms with Gasteiger partial charge in [-0.1, -0.05) is 103 Å². The van der Waals surface area contributed by atoms with Crippen LogP contribution in [0.3, 0.4) is 0 Å². The smallest absolute Gasteiger partial charge is 0.317 e. The molecule has 4 aliphatic carbocycles. The fraction of sp³-hybridized carbons (Fsp3) is 0.807. The van der Waals surface area contributed by atoms with Crippen LogP contribution in [0.15, 0.2) is 12.1 Å². The van der Waals surface area contributed by atoms with Crippen molar-refractivity contribution in [1.29, 1.82) is 0 Å². The molecule has 4 saturated carbocycles. The normalized spacial score (nSPS) is 23.1. The molecule has 426 valence electrons. The maximum Gasteiger partial charge on any atom is 0.317 e. The Labute approximate surface area is 454 Å². The molecule has 10 N–H and O–H groups in total. The van der Waals surface area contributed by atoms with Crippen molar-refractivity contribution in [2.24, 2.45) is 23.7 Å². The number of unbranched alkanes of at least 4 members (excludes halogenated alkanes) is 3. The van der Waals surface area contributed by atoms with Crippen LogP contribution in [-0.2, 0) is 14.4 Å². The van der Waals surface area contributed by atoms with Gasteiger partial charge < -0.3 is 57.6 Å². The first-order valence-electron chi connectivity index (χ1n) is 30.2. The maximum absolute atomic E-state index is 12.2. The van der Waals surface area contributed by atoms with Gasteiger partial charge in [0.1, 0.15) is 23.3 Å². The monoisotopic (exact) mass is 1060 g/mol. The molecular formula is C57H98N14O5. The third-order valence-corrected chi connectivity index (χ3v) is 17.4. The van der Waals surface area contributed by atoms with Crippen LogP contribution in [0.2, 0.25) is 0 Å². The first-order chi connectivity index (χ1) is 37.0. The number of hydrogen-bond donors (Lipinski definition) is 8. The third kappa shape index (κ3) is 21.2. The van der Waals surface area contributed by atoms with Crippen LogP contribution in [-0.4, -0.2) is 155 Å². The quantitative estimate of drug-likeness (QED) is 0.0417. The molecule has 2 aromatic rings. The molecule has 0 radical (unpaired) electrons. The van der Waals surface area contributed by atoms with Gasteiger partial charge in [0, 0.05) is 89.5 Å². The fourth-order valence-corrected chi connectivity index (χ4v) is 12.7. The minimum absolute atomic E-state index is 0.0417. The Bertz CT molecular complexity index is 2010. The van der Waals surface area contributed by atoms with Gasteiger partial charge in [0.05, 0.1) is 13.0 Å². The second-order valence-corrected chi connectivity index (χ2v) is 23.3. The maximum atomic E-state index is 12.2. The number of carboxylic acids is 2. The summed E-state index contributed by atoms with van der Waals surface area (Å²) in [5.41, 5.74) is 12.2. The van der Waals surface area contributed by atoms with E-state index in [-0.39, 0.29) is 25.3 Å². The number of amides is 1. The Morgan fingerprint density at radius 2 is 1.07 bits per heavy atom. The molecule has 0 unspecified atom stereocenters. The predicted molar refractivity (Wildman–Crippen MR) is 305 cm³/mol. The second kappa shape index (κ2) is 32.2. The molecule has 0 atom stereocenters. The largest absolute Gasteiger partial charge is 0.481 e. The molecule has 19 heteroatoms. The minimum Gasteiger partial charge on any atom is -0.481 e. The first-order valence-corrected chi connectivity index (χ1v) is 30.2. The van der Waals surface area contributed by atoms with Crippen LogP contribution in [0.1, 0.15) is 173 Å². The summed E-state index contributed by atoms with van der Waals surface area (Å²) < 4.78 is 0. The zero-order valence-corrected chi connectivity index (χ0v) is 46.3. The number of aliphatic carboxylic acids is 2. The van der Waals surface area contributed by atoms with Gasteiger partial charge in [0.15, 0.2) is 0 Å². The van der Waals surface area contributed by atoms with Crippen molar-refractivity contribution in [3.63, 3.8) is 0 Å². The number of carbonyl (C=O) groups excluding carboxylic acids is 1. The number of carbonyl (C=O) groups is 3. The van der Waals surface area contributed by atoms with E-state index in [2.05, 4.69) is 41.0 Å². The van der Waals surface area contributed by atoms with Gasteiger partial charge in [-0.05, 0) is 101 Å². The average molecular weight is 1060 g/mol. The van der Waals surface area contributed by atoms with E-state index in [0.29, 0.717) is 74.8 Å². The Balaban J connectivity index is 0.000000221. The summed E-state index contributed by atoms with van der Waals surface area (Å²) >= 11 is 0. The van der Waals surface area contributed by atoms with Gasteiger partial charge in [0.25, 0.3) is 0 Å². The van der Waals surface area contributed by atoms with Crippen molar-refractivity contribution < 1.29 is 24.6 Å². The van der Waals surface area contributed by atoms with Crippen molar-refractivity contribution in [2.75, 3.05) is 117 Å². The highest BCUT2D eigenvalue weighted by atomic mass is 16.4. The molecule has 6 aliphatic rings. The first kappa shape index (κ1) is 58.9. The lowest BCUT2D eigenvalue weighted by Gasteiger charge is -2.35. The van der Waals surface area contributed by atoms with E-state index in [9.17, 15) is 14.4 Å². The van der Waals surface area contributed by atoms with Gasteiger partial charge in [-0.25, -0.2) is 0 Å². The topological polar surface area (TPSA) is 256 Å². The molecule has 2 aliphatic heterocycles. The predicted octanol–water partition coefficient (Wildman–Crippen LogP) is 7.85. The zero-order valence-electron chi connectivity index (χ0n) is 46.3. The fourth-order valence-electron chi connectivity index (χ4n) is 12.7. The number of rotatable bonds is 26. The molecule has 0 aromatic carbocycles. The molecule has 0 spiro atoms. The van der Waals surface area contributed by atoms with Gasteiger partial charge in [-0.15, -0.1) is 0 Å². The van der Waals surface area contributed by atoms with Gasteiger partial charge in [-0.2, -0.15) is 19.9 Å². The highest BCUT2D eigenvalue weighted by Gasteiger charge is 2.27. The van der Waals surface area contributed by atoms with Crippen molar-refractivity contribution in [1.82, 2.24) is 40.4 Å². The molecule has 76 heavy (non-hydrogen) atoms. The highest BCUT2D eigenvalue weighted by Crippen LogP contribution is 2.34. The lowest BCUT2D eigenvalue weighted by Crippen LogP contribution is -2.49. The third-order valence-electron chi connectivity index (χ3n) is 17.4. The summed E-state index contributed by atoms with van der Waals surface area (Å²) in [7, 11) is 0. The van der Waals surface area contributed by atoms with Crippen molar-refractivity contribution in [3.8, 4) is 0 Å². The van der Waals surface area contributed by atoms with E-state index in [1.165, 1.54) is 148 Å². The lowest BCUT2D eigenvalue weighted by molar-refractivity contribution is -0.141. The van der Waals surface area contributed by atoms with Gasteiger partial charge in [-0.3, -0.25) is 19.3 Å². The van der Waals surface area contributed by atoms with Crippen LogP contribution in [0.5, 0.6) is 0 Å². The molecule has 4 heterocycles. The van der Waals surface area contributed by atoms with E-state index in [1.54, 1.807) is 11.0 Å². The molecule has 1 amide bonds. The molecule has 6 fully saturated rings. The zero-order chi connectivity index (χ0) is 53.3. The minimum atomic E-state index is -0.948. The Hall–Kier alpha value is -4.75. The number of anilines is 6. The second-order valence-electron chi connectivity index (χ2n) is 23.3. The van der Waals surface area contributed by atoms with E-state index in [0.717, 1.165) is 87.5 Å². The number of nitrogens with one attached hydrogen (secondary N) is 4. The molecule has 0 bridgehead atoms. The summed E-state index contributed by atoms with van der Waals surface area (Å²) in [6.07, 6.45) is 33.9. The molecule has 2 aromatic heterocycles. The van der Waals surface area contributed by atoms with Crippen LogP contribution < -0.4 is 42.5 Å². The van der Waals surface area contributed by atoms with Crippen LogP contribution in [0.25, 0.3) is 0 Å². The standard InChI is InChI=1S/C29H50N6O2.C28H48N8O3/c30-26-20-27(35-18-16-34(17-19-35)22-28(36)37)33-29(32-26)31-21-25-14-12-24(13-15-25)11-5-2-1-4-8-23-9-6-3-7-10-23;29-24-19-25(35-15-17-36(18-16-35)26(37)11-12-27(38)39)34-28(33-24)32-23-9-7-21(8-10-23)20-30-13-4-14-31-22-5-2-1-3-6-22/h20,23-25H,1-19,21-22H2,(H,36,37)(H3,30,31,32,33);19,21-23,30-31H,1-18,20H2,(H,38,39)(H3,29,32,33,34). The highest BCUT2D eigenvalue weighted by molar-refractivity contribution is 5.81. The number of piperazine rings is 2. The number of carboxylic acid groups (broad SMARTS) is 2. The van der Waals surface area contributed by atoms with Crippen LogP contribution >= 0.6 is 0 Å². The van der Waals surface area contributed by atoms with Gasteiger partial charge >= 0.3 is 11.9 Å². The number of nitrogens with zero attached hydrogens (tertiary/aromatic N) is 8. The van der Waals surface area contributed by atoms with Crippen molar-refractivity contribution in [3.05, 3.63) is 12.1 Å². The summed E-state index contributed by atoms with van der Waals surface area (Å²) in [5, 5.41) is 32.2. The van der Waals surface area contributed by atoms with E-state index in [4.69, 9.17) is 31.6 Å². The van der Waals surface area contributed by atoms with Crippen LogP contribution in [0.4, 0.5) is 35.2 Å². The number of nitrogens with two attached hydrogens (primary N) is 2. The lowest BCUT2D eigenvalue weighted by atomic mass is 9.79. The molecule has 8 rings (SSSR count). The van der Waals surface area contributed by atoms with E-state index >= 15 is 0 Å². The van der Waals surface area contributed by atoms with Crippen LogP contribution in [0, 0.1) is 23.7 Å². The number of hydrogen-bond acceptors (Lipinski definition) is 16. The van der Waals surface area contributed by atoms with Gasteiger partial charge in [0.2, 0.25) is 17.8 Å². The Morgan fingerprint density at radius 3 is 1.68 bits per heavy atom. The SMILES string of the molecule is Nc1cc(N2CCN(C(=O)CCC(=O)O)CC2)nc(NC2CCC(CNCCCNC3CCCCC3)CC2)n1.Nc1cc(N2CCN(CC(=O)O)CC2)nc(NCC2CCC(CCCCCCC3CCCCC3)CC2)n1. The summed E-state index contributed by atoms with van der Waals surface area (Å²) in [4.78, 5) is 60.2. The average Bonchev–Trinajstić information content (AvgIpc) is 3.43. The summed E-state index contributed by atoms with van der Waals surface area (Å²) in [5.74, 6) is 5.20.